The van der Waals surface area contributed by atoms with Gasteiger partial charge < -0.3 is 11.1 Å². The number of rotatable bonds is 2. The van der Waals surface area contributed by atoms with Crippen molar-refractivity contribution in [2.75, 3.05) is 30.9 Å². The number of nitrogens with two attached hydrogens (primary N) is 1. The molecule has 3 nitrogen and oxygen atoms in total. The van der Waals surface area contributed by atoms with Gasteiger partial charge in [-0.2, -0.15) is 23.5 Å². The van der Waals surface area contributed by atoms with Gasteiger partial charge in [-0.05, 0) is 0 Å². The Hall–Kier alpha value is -0.0300. The quantitative estimate of drug-likeness (QED) is 0.505. The lowest BCUT2D eigenvalue weighted by atomic mass is 10.5. The van der Waals surface area contributed by atoms with Gasteiger partial charge in [0.2, 0.25) is 0 Å². The fourth-order valence-corrected chi connectivity index (χ4v) is 3.56. The Morgan fingerprint density at radius 3 is 3.08 bits per heavy atom. The molecule has 1 atom stereocenters. The summed E-state index contributed by atoms with van der Waals surface area (Å²) in [5.41, 5.74) is 5.51. The average Bonchev–Trinajstić information content (AvgIpc) is 2.16. The monoisotopic (exact) mass is 205 g/mol. The first-order chi connectivity index (χ1) is 5.83. The van der Waals surface area contributed by atoms with E-state index in [4.69, 9.17) is 5.73 Å². The van der Waals surface area contributed by atoms with Crippen molar-refractivity contribution in [1.82, 2.24) is 5.32 Å². The SMILES string of the molecule is CN=C(N)NCC1CSCCS1. The number of hydrogen-bond acceptors (Lipinski definition) is 3. The van der Waals surface area contributed by atoms with E-state index in [-0.39, 0.29) is 0 Å². The summed E-state index contributed by atoms with van der Waals surface area (Å²) in [6.07, 6.45) is 0. The van der Waals surface area contributed by atoms with Crippen LogP contribution in [0.5, 0.6) is 0 Å². The average molecular weight is 205 g/mol. The Bertz CT molecular complexity index is 155. The molecule has 1 fully saturated rings. The lowest BCUT2D eigenvalue weighted by Crippen LogP contribution is -2.37. The third-order valence-corrected chi connectivity index (χ3v) is 4.48. The van der Waals surface area contributed by atoms with Crippen LogP contribution >= 0.6 is 23.5 Å². The number of hydrogen-bond donors (Lipinski definition) is 2. The number of thioether (sulfide) groups is 2. The molecule has 70 valence electrons. The molecule has 0 aromatic rings. The first-order valence-corrected chi connectivity index (χ1v) is 6.18. The van der Waals surface area contributed by atoms with Crippen LogP contribution in [0.4, 0.5) is 0 Å². The molecule has 0 spiro atoms. The lowest BCUT2D eigenvalue weighted by Gasteiger charge is -2.21. The zero-order chi connectivity index (χ0) is 8.81. The van der Waals surface area contributed by atoms with Crippen molar-refractivity contribution in [3.8, 4) is 0 Å². The summed E-state index contributed by atoms with van der Waals surface area (Å²) in [6, 6.07) is 0. The van der Waals surface area contributed by atoms with Gasteiger partial charge in [-0.15, -0.1) is 0 Å². The van der Waals surface area contributed by atoms with Gasteiger partial charge in [0.15, 0.2) is 5.96 Å². The number of nitrogens with zero attached hydrogens (tertiary/aromatic N) is 1. The fourth-order valence-electron chi connectivity index (χ4n) is 0.952. The molecule has 1 aliphatic heterocycles. The first-order valence-electron chi connectivity index (χ1n) is 3.98. The highest BCUT2D eigenvalue weighted by Crippen LogP contribution is 2.22. The van der Waals surface area contributed by atoms with Gasteiger partial charge in [-0.1, -0.05) is 0 Å². The van der Waals surface area contributed by atoms with Crippen LogP contribution in [-0.4, -0.2) is 42.1 Å². The lowest BCUT2D eigenvalue weighted by molar-refractivity contribution is 0.851. The number of nitrogens with one attached hydrogen (secondary N) is 1. The second-order valence-corrected chi connectivity index (χ2v) is 5.12. The van der Waals surface area contributed by atoms with Crippen LogP contribution in [0.3, 0.4) is 0 Å². The highest BCUT2D eigenvalue weighted by atomic mass is 32.2. The summed E-state index contributed by atoms with van der Waals surface area (Å²) in [4.78, 5) is 3.84. The van der Waals surface area contributed by atoms with E-state index in [0.29, 0.717) is 11.2 Å². The molecule has 3 N–H and O–H groups in total. The zero-order valence-corrected chi connectivity index (χ0v) is 8.88. The molecule has 1 heterocycles. The van der Waals surface area contributed by atoms with Crippen LogP contribution in [0.15, 0.2) is 4.99 Å². The molecule has 0 radical (unpaired) electrons. The van der Waals surface area contributed by atoms with E-state index in [1.54, 1.807) is 7.05 Å². The van der Waals surface area contributed by atoms with E-state index in [9.17, 15) is 0 Å². The van der Waals surface area contributed by atoms with Crippen LogP contribution < -0.4 is 11.1 Å². The zero-order valence-electron chi connectivity index (χ0n) is 7.25. The Balaban J connectivity index is 2.13. The maximum atomic E-state index is 5.51. The molecule has 5 heteroatoms. The predicted octanol–water partition coefficient (Wildman–Crippen LogP) is 0.369. The molecule has 0 aromatic carbocycles. The molecule has 1 saturated heterocycles. The standard InChI is InChI=1S/C7H15N3S2/c1-9-7(8)10-4-6-5-11-2-3-12-6/h6H,2-5H2,1H3,(H3,8,9,10). The van der Waals surface area contributed by atoms with E-state index in [1.807, 2.05) is 23.5 Å². The van der Waals surface area contributed by atoms with Gasteiger partial charge in [-0.3, -0.25) is 4.99 Å². The molecule has 1 rings (SSSR count). The smallest absolute Gasteiger partial charge is 0.188 e. The topological polar surface area (TPSA) is 50.4 Å². The van der Waals surface area contributed by atoms with Crippen molar-refractivity contribution >= 4 is 29.5 Å². The Morgan fingerprint density at radius 1 is 1.67 bits per heavy atom. The molecule has 1 aliphatic rings. The normalized spacial score (nSPS) is 25.4. The number of aliphatic imine (C=N–C) groups is 1. The molecule has 0 aromatic heterocycles. The highest BCUT2D eigenvalue weighted by molar-refractivity contribution is 8.06. The summed E-state index contributed by atoms with van der Waals surface area (Å²) in [5.74, 6) is 4.33. The Labute approximate surface area is 82.0 Å². The molecular weight excluding hydrogens is 190 g/mol. The molecule has 0 saturated carbocycles. The van der Waals surface area contributed by atoms with Crippen molar-refractivity contribution < 1.29 is 0 Å². The summed E-state index contributed by atoms with van der Waals surface area (Å²) < 4.78 is 0. The highest BCUT2D eigenvalue weighted by Gasteiger charge is 2.13. The maximum absolute atomic E-state index is 5.51. The summed E-state index contributed by atoms with van der Waals surface area (Å²) in [5, 5.41) is 3.79. The second kappa shape index (κ2) is 5.59. The predicted molar refractivity (Wildman–Crippen MR) is 59.1 cm³/mol. The largest absolute Gasteiger partial charge is 0.370 e. The summed E-state index contributed by atoms with van der Waals surface area (Å²) >= 11 is 4.04. The van der Waals surface area contributed by atoms with Gasteiger partial charge in [0, 0.05) is 36.1 Å². The van der Waals surface area contributed by atoms with Crippen molar-refractivity contribution in [1.29, 1.82) is 0 Å². The van der Waals surface area contributed by atoms with Crippen molar-refractivity contribution in [2.45, 2.75) is 5.25 Å². The van der Waals surface area contributed by atoms with Gasteiger partial charge >= 0.3 is 0 Å². The summed E-state index contributed by atoms with van der Waals surface area (Å²) in [7, 11) is 1.70. The van der Waals surface area contributed by atoms with E-state index < -0.39 is 0 Å². The third kappa shape index (κ3) is 3.58. The van der Waals surface area contributed by atoms with Gasteiger partial charge in [0.05, 0.1) is 0 Å². The minimum Gasteiger partial charge on any atom is -0.370 e. The van der Waals surface area contributed by atoms with E-state index in [0.717, 1.165) is 6.54 Å². The van der Waals surface area contributed by atoms with Crippen molar-refractivity contribution in [3.05, 3.63) is 0 Å². The van der Waals surface area contributed by atoms with E-state index in [2.05, 4.69) is 10.3 Å². The van der Waals surface area contributed by atoms with Crippen molar-refractivity contribution in [3.63, 3.8) is 0 Å². The third-order valence-electron chi connectivity index (χ3n) is 1.64. The van der Waals surface area contributed by atoms with Crippen LogP contribution in [0.1, 0.15) is 0 Å². The van der Waals surface area contributed by atoms with E-state index in [1.165, 1.54) is 17.3 Å². The van der Waals surface area contributed by atoms with Gasteiger partial charge in [-0.25, -0.2) is 0 Å². The number of guanidine groups is 1. The van der Waals surface area contributed by atoms with Gasteiger partial charge in [0.25, 0.3) is 0 Å². The van der Waals surface area contributed by atoms with Crippen LogP contribution in [0, 0.1) is 0 Å². The molecular formula is C7H15N3S2. The second-order valence-electron chi connectivity index (χ2n) is 2.56. The minimum absolute atomic E-state index is 0.547. The van der Waals surface area contributed by atoms with Crippen LogP contribution in [-0.2, 0) is 0 Å². The molecule has 0 aliphatic carbocycles. The Morgan fingerprint density at radius 2 is 2.50 bits per heavy atom. The molecule has 0 bridgehead atoms. The van der Waals surface area contributed by atoms with Gasteiger partial charge in [0.1, 0.15) is 0 Å². The molecule has 0 amide bonds. The van der Waals surface area contributed by atoms with Crippen LogP contribution in [0.2, 0.25) is 0 Å². The fraction of sp³-hybridized carbons (Fsp3) is 0.857. The molecule has 1 unspecified atom stereocenters. The summed E-state index contributed by atoms with van der Waals surface area (Å²) in [6.45, 7) is 0.945. The Kier molecular flexibility index (Phi) is 4.68. The minimum atomic E-state index is 0.547. The first kappa shape index (κ1) is 10.1. The van der Waals surface area contributed by atoms with Crippen LogP contribution in [0.25, 0.3) is 0 Å². The van der Waals surface area contributed by atoms with Crippen molar-refractivity contribution in [2.24, 2.45) is 10.7 Å². The maximum Gasteiger partial charge on any atom is 0.188 e. The van der Waals surface area contributed by atoms with E-state index >= 15 is 0 Å². The molecule has 12 heavy (non-hydrogen) atoms.